The molecule has 0 fully saturated rings. The molecular weight excluding hydrogens is 574 g/mol. The predicted octanol–water partition coefficient (Wildman–Crippen LogP) is 4.15. The normalized spacial score (nSPS) is 13.5. The number of nitrogens with one attached hydrogen (secondary N) is 2. The van der Waals surface area contributed by atoms with Crippen LogP contribution in [0.4, 0.5) is 4.79 Å². The summed E-state index contributed by atoms with van der Waals surface area (Å²) in [5.41, 5.74) is -0.224. The Labute approximate surface area is 266 Å². The summed E-state index contributed by atoms with van der Waals surface area (Å²) >= 11 is 0. The highest BCUT2D eigenvalue weighted by molar-refractivity contribution is 5.94. The molecule has 244 valence electrons. The van der Waals surface area contributed by atoms with Gasteiger partial charge in [-0.05, 0) is 64.7 Å². The van der Waals surface area contributed by atoms with Crippen molar-refractivity contribution in [2.24, 2.45) is 5.92 Å². The van der Waals surface area contributed by atoms with E-state index < -0.39 is 65.7 Å². The summed E-state index contributed by atoms with van der Waals surface area (Å²) in [4.78, 5) is 55.8. The maximum Gasteiger partial charge on any atom is 0.408 e. The van der Waals surface area contributed by atoms with Gasteiger partial charge in [0.25, 0.3) is 0 Å². The van der Waals surface area contributed by atoms with Gasteiger partial charge in [-0.1, -0.05) is 68.3 Å². The Morgan fingerprint density at radius 2 is 1.47 bits per heavy atom. The molecule has 2 rings (SSSR count). The summed E-state index contributed by atoms with van der Waals surface area (Å²) in [6.45, 7) is 13.0. The Hall–Kier alpha value is -4.36. The largest absolute Gasteiger partial charge is 0.458 e. The maximum atomic E-state index is 14.3. The molecule has 10 heteroatoms. The molecule has 0 aliphatic carbocycles. The minimum atomic E-state index is -1.38. The summed E-state index contributed by atoms with van der Waals surface area (Å²) in [6, 6.07) is 12.1. The van der Waals surface area contributed by atoms with Gasteiger partial charge in [-0.2, -0.15) is 0 Å². The van der Waals surface area contributed by atoms with E-state index in [2.05, 4.69) is 16.6 Å². The van der Waals surface area contributed by atoms with Crippen LogP contribution in [0.2, 0.25) is 0 Å². The van der Waals surface area contributed by atoms with E-state index in [0.29, 0.717) is 11.1 Å². The molecule has 0 heterocycles. The number of carbonyl (C=O) groups is 4. The smallest absolute Gasteiger partial charge is 0.408 e. The van der Waals surface area contributed by atoms with E-state index in [0.717, 1.165) is 5.56 Å². The summed E-state index contributed by atoms with van der Waals surface area (Å²) < 4.78 is 11.0. The lowest BCUT2D eigenvalue weighted by atomic mass is 9.95. The first-order chi connectivity index (χ1) is 21.0. The van der Waals surface area contributed by atoms with Crippen LogP contribution in [0.3, 0.4) is 0 Å². The molecule has 2 aromatic carbocycles. The van der Waals surface area contributed by atoms with Crippen LogP contribution in [-0.4, -0.2) is 70.3 Å². The van der Waals surface area contributed by atoms with E-state index in [9.17, 15) is 24.3 Å². The molecule has 0 bridgehead atoms. The summed E-state index contributed by atoms with van der Waals surface area (Å²) in [6.07, 6.45) is 5.12. The number of benzene rings is 2. The topological polar surface area (TPSA) is 134 Å². The van der Waals surface area contributed by atoms with E-state index in [1.807, 2.05) is 30.3 Å². The zero-order valence-electron chi connectivity index (χ0n) is 27.5. The van der Waals surface area contributed by atoms with Crippen LogP contribution in [0.5, 0.6) is 0 Å². The Kier molecular flexibility index (Phi) is 13.2. The van der Waals surface area contributed by atoms with Crippen molar-refractivity contribution in [1.82, 2.24) is 15.5 Å². The summed E-state index contributed by atoms with van der Waals surface area (Å²) in [5.74, 6) is 0.118. The van der Waals surface area contributed by atoms with E-state index in [1.54, 1.807) is 79.7 Å². The van der Waals surface area contributed by atoms with Gasteiger partial charge in [0, 0.05) is 18.5 Å². The lowest BCUT2D eigenvalue weighted by Crippen LogP contribution is -2.57. The van der Waals surface area contributed by atoms with Gasteiger partial charge in [-0.25, -0.2) is 9.59 Å². The third kappa shape index (κ3) is 11.6. The molecule has 3 unspecified atom stereocenters. The molecule has 2 aromatic rings. The molecule has 0 radical (unpaired) electrons. The first kappa shape index (κ1) is 36.8. The monoisotopic (exact) mass is 621 g/mol. The number of hydrogen-bond donors (Lipinski definition) is 3. The number of esters is 1. The van der Waals surface area contributed by atoms with Gasteiger partial charge < -0.3 is 30.1 Å². The van der Waals surface area contributed by atoms with Crippen molar-refractivity contribution in [2.75, 3.05) is 13.2 Å². The van der Waals surface area contributed by atoms with Gasteiger partial charge in [0.1, 0.15) is 29.3 Å². The van der Waals surface area contributed by atoms with E-state index >= 15 is 0 Å². The molecular formula is C35H47N3O7. The first-order valence-electron chi connectivity index (χ1n) is 15.0. The number of aliphatic hydroxyl groups excluding tert-OH is 1. The van der Waals surface area contributed by atoms with E-state index in [4.69, 9.17) is 15.9 Å². The van der Waals surface area contributed by atoms with Gasteiger partial charge in [0.15, 0.2) is 0 Å². The van der Waals surface area contributed by atoms with Crippen LogP contribution in [0.15, 0.2) is 54.6 Å². The fourth-order valence-electron chi connectivity index (χ4n) is 4.59. The van der Waals surface area contributed by atoms with Crippen molar-refractivity contribution in [3.63, 3.8) is 0 Å². The highest BCUT2D eigenvalue weighted by Crippen LogP contribution is 2.27. The second-order valence-electron chi connectivity index (χ2n) is 13.0. The van der Waals surface area contributed by atoms with Crippen molar-refractivity contribution in [3.05, 3.63) is 71.3 Å². The third-order valence-electron chi connectivity index (χ3n) is 6.49. The van der Waals surface area contributed by atoms with Crippen molar-refractivity contribution in [2.45, 2.75) is 91.1 Å². The molecule has 0 saturated heterocycles. The molecule has 3 amide bonds. The lowest BCUT2D eigenvalue weighted by molar-refractivity contribution is -0.159. The first-order valence-corrected chi connectivity index (χ1v) is 15.0. The van der Waals surface area contributed by atoms with Gasteiger partial charge >= 0.3 is 12.1 Å². The number of alkyl carbamates (subject to hydrolysis) is 1. The number of ether oxygens (including phenoxy) is 2. The van der Waals surface area contributed by atoms with Crippen LogP contribution in [0.25, 0.3) is 0 Å². The SMILES string of the molecule is C#Cc1ccccc1C(C(=O)NC(Cc1ccccc1)C(=O)OC(C)(C)C)N(CCO)C(=O)C(NC(=O)OC(C)(C)C)C(C)C. The minimum absolute atomic E-state index is 0.119. The minimum Gasteiger partial charge on any atom is -0.458 e. The van der Waals surface area contributed by atoms with Gasteiger partial charge in [0.2, 0.25) is 11.8 Å². The second-order valence-corrected chi connectivity index (χ2v) is 13.0. The lowest BCUT2D eigenvalue weighted by Gasteiger charge is -2.36. The fourth-order valence-corrected chi connectivity index (χ4v) is 4.59. The summed E-state index contributed by atoms with van der Waals surface area (Å²) in [7, 11) is 0. The molecule has 0 aromatic heterocycles. The van der Waals surface area contributed by atoms with E-state index in [-0.39, 0.29) is 13.0 Å². The second kappa shape index (κ2) is 16.1. The van der Waals surface area contributed by atoms with Crippen LogP contribution in [0.1, 0.15) is 78.1 Å². The standard InChI is InChI=1S/C35H47N3O7/c1-10-25-18-14-15-19-26(25)29(38(20-21-39)31(41)28(23(2)3)37-33(43)45-35(7,8)9)30(40)36-27(32(42)44-34(4,5)6)22-24-16-12-11-13-17-24/h1,11-19,23,27-29,39H,20-22H2,2-9H3,(H,36,40)(H,37,43). The van der Waals surface area contributed by atoms with Crippen LogP contribution in [-0.2, 0) is 30.3 Å². The average Bonchev–Trinajstić information content (AvgIpc) is 2.93. The van der Waals surface area contributed by atoms with Crippen molar-refractivity contribution < 1.29 is 33.8 Å². The van der Waals surface area contributed by atoms with Gasteiger partial charge in [-0.3, -0.25) is 9.59 Å². The number of hydrogen-bond acceptors (Lipinski definition) is 7. The molecule has 45 heavy (non-hydrogen) atoms. The molecule has 0 aliphatic rings. The number of nitrogens with zero attached hydrogens (tertiary/aromatic N) is 1. The Bertz CT molecular complexity index is 1350. The molecule has 3 N–H and O–H groups in total. The highest BCUT2D eigenvalue weighted by atomic mass is 16.6. The Morgan fingerprint density at radius 1 is 0.889 bits per heavy atom. The van der Waals surface area contributed by atoms with Crippen LogP contribution >= 0.6 is 0 Å². The Morgan fingerprint density at radius 3 is 2.00 bits per heavy atom. The summed E-state index contributed by atoms with van der Waals surface area (Å²) in [5, 5.41) is 15.5. The zero-order chi connectivity index (χ0) is 33.9. The molecule has 0 saturated carbocycles. The fraction of sp³-hybridized carbons (Fsp3) is 0.486. The maximum absolute atomic E-state index is 14.3. The zero-order valence-corrected chi connectivity index (χ0v) is 27.5. The number of rotatable bonds is 12. The number of carbonyl (C=O) groups excluding carboxylic acids is 4. The van der Waals surface area contributed by atoms with Crippen molar-refractivity contribution in [3.8, 4) is 12.3 Å². The van der Waals surface area contributed by atoms with Crippen LogP contribution in [0, 0.1) is 18.3 Å². The number of aliphatic hydroxyl groups is 1. The average molecular weight is 622 g/mol. The molecule has 0 spiro atoms. The third-order valence-corrected chi connectivity index (χ3v) is 6.49. The van der Waals surface area contributed by atoms with Crippen LogP contribution < -0.4 is 10.6 Å². The highest BCUT2D eigenvalue weighted by Gasteiger charge is 2.39. The number of terminal acetylenes is 1. The van der Waals surface area contributed by atoms with Crippen molar-refractivity contribution in [1.29, 1.82) is 0 Å². The van der Waals surface area contributed by atoms with E-state index in [1.165, 1.54) is 4.90 Å². The number of amides is 3. The van der Waals surface area contributed by atoms with Crippen molar-refractivity contribution >= 4 is 23.9 Å². The van der Waals surface area contributed by atoms with Gasteiger partial charge in [0.05, 0.1) is 6.61 Å². The Balaban J connectivity index is 2.62. The quantitative estimate of drug-likeness (QED) is 0.240. The molecule has 3 atom stereocenters. The molecule has 0 aliphatic heterocycles. The predicted molar refractivity (Wildman–Crippen MR) is 172 cm³/mol. The molecule has 10 nitrogen and oxygen atoms in total. The van der Waals surface area contributed by atoms with Gasteiger partial charge in [-0.15, -0.1) is 6.42 Å².